The number of rotatable bonds is 2. The summed E-state index contributed by atoms with van der Waals surface area (Å²) in [6.45, 7) is 3.20. The van der Waals surface area contributed by atoms with E-state index >= 15 is 0 Å². The average molecular weight is 368 g/mol. The summed E-state index contributed by atoms with van der Waals surface area (Å²) in [6.07, 6.45) is 2.75. The summed E-state index contributed by atoms with van der Waals surface area (Å²) in [6, 6.07) is 3.24. The van der Waals surface area contributed by atoms with Crippen LogP contribution in [0.4, 0.5) is 17.3 Å². The minimum absolute atomic E-state index is 0.191. The van der Waals surface area contributed by atoms with Gasteiger partial charge in [-0.25, -0.2) is 9.97 Å². The van der Waals surface area contributed by atoms with Crippen molar-refractivity contribution >= 4 is 23.2 Å². The number of anilines is 3. The van der Waals surface area contributed by atoms with E-state index < -0.39 is 5.66 Å². The molecule has 4 heterocycles. The van der Waals surface area contributed by atoms with E-state index in [1.165, 1.54) is 6.33 Å². The second-order valence-corrected chi connectivity index (χ2v) is 7.63. The van der Waals surface area contributed by atoms with Gasteiger partial charge in [0.2, 0.25) is 0 Å². The second-order valence-electron chi connectivity index (χ2n) is 7.63. The maximum absolute atomic E-state index is 13.3. The standard InChI is InChI=1S/C18H20N6O3/c1-9-2-12(22-14-3-13(19)20-8-21-14)17(26)24-15(9)16(25)23-18(24)4-10-6-27-7-11(10)5-18/h2-3,8,10-11H,4-7H2,1H3,(H,23,25)(H3,19,20,21,22). The Hall–Kier alpha value is -2.94. The molecule has 0 radical (unpaired) electrons. The van der Waals surface area contributed by atoms with Crippen LogP contribution in [0.15, 0.2) is 23.3 Å². The number of carbonyl (C=O) groups is 1. The molecule has 2 aliphatic heterocycles. The molecule has 2 atom stereocenters. The van der Waals surface area contributed by atoms with E-state index in [1.807, 2.05) is 6.92 Å². The van der Waals surface area contributed by atoms with Crippen LogP contribution in [0.3, 0.4) is 0 Å². The monoisotopic (exact) mass is 368 g/mol. The topological polar surface area (TPSA) is 124 Å². The van der Waals surface area contributed by atoms with Gasteiger partial charge in [0.15, 0.2) is 0 Å². The van der Waals surface area contributed by atoms with Crippen molar-refractivity contribution in [3.05, 3.63) is 40.1 Å². The largest absolute Gasteiger partial charge is 0.384 e. The molecule has 9 nitrogen and oxygen atoms in total. The molecule has 27 heavy (non-hydrogen) atoms. The summed E-state index contributed by atoms with van der Waals surface area (Å²) in [4.78, 5) is 34.0. The number of nitrogens with one attached hydrogen (secondary N) is 2. The summed E-state index contributed by atoms with van der Waals surface area (Å²) in [5, 5.41) is 6.13. The first kappa shape index (κ1) is 16.2. The highest BCUT2D eigenvalue weighted by molar-refractivity contribution is 5.97. The van der Waals surface area contributed by atoms with Gasteiger partial charge in [0.1, 0.15) is 35.0 Å². The third-order valence-corrected chi connectivity index (χ3v) is 5.86. The molecule has 2 aromatic rings. The number of hydrogen-bond acceptors (Lipinski definition) is 7. The number of ether oxygens (including phenoxy) is 1. The molecular weight excluding hydrogens is 348 g/mol. The summed E-state index contributed by atoms with van der Waals surface area (Å²) >= 11 is 0. The van der Waals surface area contributed by atoms with Gasteiger partial charge < -0.3 is 21.1 Å². The van der Waals surface area contributed by atoms with Crippen LogP contribution in [0.25, 0.3) is 0 Å². The Morgan fingerprint density at radius 1 is 1.26 bits per heavy atom. The number of aryl methyl sites for hydroxylation is 1. The van der Waals surface area contributed by atoms with Gasteiger partial charge in [-0.1, -0.05) is 0 Å². The molecule has 3 aliphatic rings. The smallest absolute Gasteiger partial charge is 0.276 e. The molecular formula is C18H20N6O3. The van der Waals surface area contributed by atoms with Crippen molar-refractivity contribution in [1.82, 2.24) is 19.9 Å². The third-order valence-electron chi connectivity index (χ3n) is 5.86. The number of fused-ring (bicyclic) bond motifs is 3. The van der Waals surface area contributed by atoms with Crippen LogP contribution in [0.2, 0.25) is 0 Å². The SMILES string of the molecule is Cc1cc(Nc2cc(N)ncn2)c(=O)n2c1C(=O)NC21CC2COCC2C1. The fourth-order valence-corrected chi connectivity index (χ4v) is 4.76. The summed E-state index contributed by atoms with van der Waals surface area (Å²) in [5.41, 5.74) is 6.32. The van der Waals surface area contributed by atoms with E-state index in [9.17, 15) is 9.59 Å². The number of nitrogens with zero attached hydrogens (tertiary/aromatic N) is 3. The number of nitrogen functional groups attached to an aromatic ring is 1. The maximum Gasteiger partial charge on any atom is 0.276 e. The predicted octanol–water partition coefficient (Wildman–Crippen LogP) is 0.725. The first-order valence-corrected chi connectivity index (χ1v) is 8.99. The minimum Gasteiger partial charge on any atom is -0.384 e. The van der Waals surface area contributed by atoms with Crippen molar-refractivity contribution in [1.29, 1.82) is 0 Å². The van der Waals surface area contributed by atoms with Crippen molar-refractivity contribution < 1.29 is 9.53 Å². The van der Waals surface area contributed by atoms with Crippen molar-refractivity contribution in [3.63, 3.8) is 0 Å². The van der Waals surface area contributed by atoms with Crippen molar-refractivity contribution in [2.24, 2.45) is 11.8 Å². The fourth-order valence-electron chi connectivity index (χ4n) is 4.76. The number of hydrogen-bond donors (Lipinski definition) is 3. The Bertz CT molecular complexity index is 1000. The molecule has 140 valence electrons. The molecule has 2 aromatic heterocycles. The Labute approximate surface area is 155 Å². The zero-order valence-electron chi connectivity index (χ0n) is 14.9. The zero-order valence-corrected chi connectivity index (χ0v) is 14.9. The normalized spacial score (nSPS) is 28.3. The van der Waals surface area contributed by atoms with Gasteiger partial charge in [0.25, 0.3) is 11.5 Å². The van der Waals surface area contributed by atoms with E-state index in [2.05, 4.69) is 20.6 Å². The van der Waals surface area contributed by atoms with E-state index in [4.69, 9.17) is 10.5 Å². The van der Waals surface area contributed by atoms with Crippen LogP contribution in [0.5, 0.6) is 0 Å². The molecule has 2 unspecified atom stereocenters. The van der Waals surface area contributed by atoms with Crippen LogP contribution in [-0.2, 0) is 10.4 Å². The Morgan fingerprint density at radius 3 is 2.70 bits per heavy atom. The molecule has 0 bridgehead atoms. The van der Waals surface area contributed by atoms with Crippen molar-refractivity contribution in [2.75, 3.05) is 24.3 Å². The van der Waals surface area contributed by atoms with Gasteiger partial charge in [-0.15, -0.1) is 0 Å². The van der Waals surface area contributed by atoms with E-state index in [1.54, 1.807) is 16.7 Å². The van der Waals surface area contributed by atoms with Gasteiger partial charge in [-0.3, -0.25) is 14.2 Å². The van der Waals surface area contributed by atoms with Gasteiger partial charge >= 0.3 is 0 Å². The zero-order chi connectivity index (χ0) is 18.8. The van der Waals surface area contributed by atoms with Gasteiger partial charge in [-0.2, -0.15) is 0 Å². The highest BCUT2D eigenvalue weighted by Gasteiger charge is 2.54. The van der Waals surface area contributed by atoms with Crippen LogP contribution >= 0.6 is 0 Å². The van der Waals surface area contributed by atoms with Gasteiger partial charge in [0.05, 0.1) is 0 Å². The van der Waals surface area contributed by atoms with Crippen LogP contribution in [-0.4, -0.2) is 33.7 Å². The lowest BCUT2D eigenvalue weighted by molar-refractivity contribution is 0.0892. The quantitative estimate of drug-likeness (QED) is 0.713. The lowest BCUT2D eigenvalue weighted by Gasteiger charge is -2.28. The second kappa shape index (κ2) is 5.53. The molecule has 4 N–H and O–H groups in total. The number of carbonyl (C=O) groups excluding carboxylic acids is 1. The molecule has 1 aliphatic carbocycles. The van der Waals surface area contributed by atoms with Crippen molar-refractivity contribution in [3.8, 4) is 0 Å². The van der Waals surface area contributed by atoms with Crippen LogP contribution < -0.4 is 21.9 Å². The number of amides is 1. The van der Waals surface area contributed by atoms with Crippen molar-refractivity contribution in [2.45, 2.75) is 25.4 Å². The lowest BCUT2D eigenvalue weighted by Crippen LogP contribution is -2.46. The average Bonchev–Trinajstić information content (AvgIpc) is 3.25. The number of aromatic nitrogens is 3. The first-order valence-electron chi connectivity index (χ1n) is 8.99. The fraction of sp³-hybridized carbons (Fsp3) is 0.444. The van der Waals surface area contributed by atoms with Crippen LogP contribution in [0.1, 0.15) is 28.9 Å². The summed E-state index contributed by atoms with van der Waals surface area (Å²) in [5.74, 6) is 1.27. The molecule has 1 saturated heterocycles. The highest BCUT2D eigenvalue weighted by Crippen LogP contribution is 2.47. The summed E-state index contributed by atoms with van der Waals surface area (Å²) < 4.78 is 7.21. The molecule has 0 aromatic carbocycles. The number of pyridine rings is 1. The molecule has 5 rings (SSSR count). The molecule has 2 fully saturated rings. The van der Waals surface area contributed by atoms with E-state index in [-0.39, 0.29) is 11.5 Å². The van der Waals surface area contributed by atoms with Crippen LogP contribution in [0, 0.1) is 18.8 Å². The highest BCUT2D eigenvalue weighted by atomic mass is 16.5. The van der Waals surface area contributed by atoms with Gasteiger partial charge in [0, 0.05) is 19.3 Å². The predicted molar refractivity (Wildman–Crippen MR) is 97.6 cm³/mol. The minimum atomic E-state index is -0.671. The van der Waals surface area contributed by atoms with Gasteiger partial charge in [-0.05, 0) is 43.2 Å². The maximum atomic E-state index is 13.3. The lowest BCUT2D eigenvalue weighted by atomic mass is 10.0. The first-order chi connectivity index (χ1) is 13.0. The molecule has 1 spiro atoms. The summed E-state index contributed by atoms with van der Waals surface area (Å²) in [7, 11) is 0. The number of nitrogens with two attached hydrogens (primary N) is 1. The third kappa shape index (κ3) is 2.34. The Balaban J connectivity index is 1.62. The van der Waals surface area contributed by atoms with E-state index in [0.717, 1.165) is 5.56 Å². The molecule has 9 heteroatoms. The molecule has 1 saturated carbocycles. The van der Waals surface area contributed by atoms with E-state index in [0.29, 0.717) is 60.9 Å². The molecule has 1 amide bonds. The Morgan fingerprint density at radius 2 is 2.00 bits per heavy atom. The Kier molecular flexibility index (Phi) is 3.33.